The van der Waals surface area contributed by atoms with Gasteiger partial charge >= 0.3 is 0 Å². The monoisotopic (exact) mass is 307 g/mol. The van der Waals surface area contributed by atoms with Gasteiger partial charge < -0.3 is 9.47 Å². The van der Waals surface area contributed by atoms with Crippen LogP contribution in [-0.2, 0) is 0 Å². The van der Waals surface area contributed by atoms with Crippen LogP contribution in [0, 0.1) is 0 Å². The second kappa shape index (κ2) is 5.92. The summed E-state index contributed by atoms with van der Waals surface area (Å²) in [4.78, 5) is 4.20. The second-order valence-corrected chi connectivity index (χ2v) is 6.48. The fourth-order valence-corrected chi connectivity index (χ4v) is 2.66. The summed E-state index contributed by atoms with van der Waals surface area (Å²) in [5.41, 5.74) is 1.97. The van der Waals surface area contributed by atoms with Gasteiger partial charge in [-0.05, 0) is 62.1 Å². The highest BCUT2D eigenvalue weighted by atomic mass is 16.5. The number of rotatable bonds is 3. The Hall–Kier alpha value is -2.55. The van der Waals surface area contributed by atoms with Crippen LogP contribution >= 0.6 is 0 Å². The van der Waals surface area contributed by atoms with E-state index in [0.717, 1.165) is 33.4 Å². The van der Waals surface area contributed by atoms with E-state index in [-0.39, 0.29) is 5.60 Å². The van der Waals surface area contributed by atoms with Gasteiger partial charge in [-0.25, -0.2) is 0 Å². The molecule has 3 nitrogen and oxygen atoms in total. The van der Waals surface area contributed by atoms with Crippen molar-refractivity contribution in [1.29, 1.82) is 0 Å². The number of benzene rings is 2. The number of fused-ring (bicyclic) bond motifs is 1. The van der Waals surface area contributed by atoms with E-state index in [4.69, 9.17) is 9.47 Å². The van der Waals surface area contributed by atoms with E-state index in [2.05, 4.69) is 17.1 Å². The van der Waals surface area contributed by atoms with Crippen molar-refractivity contribution in [3.8, 4) is 22.6 Å². The van der Waals surface area contributed by atoms with E-state index in [9.17, 15) is 0 Å². The van der Waals surface area contributed by atoms with Crippen molar-refractivity contribution in [2.24, 2.45) is 0 Å². The predicted molar refractivity (Wildman–Crippen MR) is 94.1 cm³/mol. The number of aromatic nitrogens is 1. The average molecular weight is 307 g/mol. The minimum absolute atomic E-state index is 0.204. The van der Waals surface area contributed by atoms with Crippen LogP contribution in [0.25, 0.3) is 21.9 Å². The topological polar surface area (TPSA) is 31.4 Å². The molecule has 0 saturated heterocycles. The highest BCUT2D eigenvalue weighted by Crippen LogP contribution is 2.37. The van der Waals surface area contributed by atoms with Gasteiger partial charge in [0.2, 0.25) is 0 Å². The molecule has 0 spiro atoms. The Kier molecular flexibility index (Phi) is 3.95. The Morgan fingerprint density at radius 1 is 0.913 bits per heavy atom. The summed E-state index contributed by atoms with van der Waals surface area (Å²) < 4.78 is 11.5. The van der Waals surface area contributed by atoms with Crippen LogP contribution in [0.2, 0.25) is 0 Å². The third-order valence-corrected chi connectivity index (χ3v) is 3.57. The number of methoxy groups -OCH3 is 1. The first-order chi connectivity index (χ1) is 11.0. The van der Waals surface area contributed by atoms with E-state index < -0.39 is 0 Å². The molecule has 0 aliphatic heterocycles. The van der Waals surface area contributed by atoms with Crippen LogP contribution in [-0.4, -0.2) is 17.7 Å². The standard InChI is InChI=1S/C20H21NO2/c1-20(2,3)23-16-8-5-14(6-9-16)19-17-11-12-21-13-15(17)7-10-18(19)22-4/h5-13H,1-4H3. The minimum Gasteiger partial charge on any atom is -0.496 e. The molecule has 0 unspecified atom stereocenters. The quantitative estimate of drug-likeness (QED) is 0.675. The van der Waals surface area contributed by atoms with E-state index >= 15 is 0 Å². The van der Waals surface area contributed by atoms with E-state index in [0.29, 0.717) is 0 Å². The fraction of sp³-hybridized carbons (Fsp3) is 0.250. The summed E-state index contributed by atoms with van der Waals surface area (Å²) in [7, 11) is 1.70. The number of hydrogen-bond acceptors (Lipinski definition) is 3. The summed E-state index contributed by atoms with van der Waals surface area (Å²) in [5.74, 6) is 1.72. The van der Waals surface area contributed by atoms with Crippen LogP contribution in [0.5, 0.6) is 11.5 Å². The maximum absolute atomic E-state index is 5.90. The smallest absolute Gasteiger partial charge is 0.127 e. The summed E-state index contributed by atoms with van der Waals surface area (Å²) in [6, 6.07) is 14.2. The molecule has 0 aliphatic carbocycles. The minimum atomic E-state index is -0.204. The molecule has 118 valence electrons. The van der Waals surface area contributed by atoms with Crippen molar-refractivity contribution >= 4 is 10.8 Å². The molecule has 0 amide bonds. The first-order valence-electron chi connectivity index (χ1n) is 7.68. The maximum atomic E-state index is 5.90. The Labute approximate surface area is 136 Å². The molecule has 0 fully saturated rings. The highest BCUT2D eigenvalue weighted by molar-refractivity contribution is 5.99. The lowest BCUT2D eigenvalue weighted by molar-refractivity contribution is 0.131. The zero-order valence-corrected chi connectivity index (χ0v) is 14.0. The van der Waals surface area contributed by atoms with Gasteiger partial charge in [0.05, 0.1) is 7.11 Å². The second-order valence-electron chi connectivity index (χ2n) is 6.48. The molecule has 3 heteroatoms. The lowest BCUT2D eigenvalue weighted by atomic mass is 9.98. The van der Waals surface area contributed by atoms with E-state index in [1.54, 1.807) is 7.11 Å². The van der Waals surface area contributed by atoms with Crippen molar-refractivity contribution in [2.45, 2.75) is 26.4 Å². The molecule has 0 N–H and O–H groups in total. The van der Waals surface area contributed by atoms with Gasteiger partial charge in [0.15, 0.2) is 0 Å². The van der Waals surface area contributed by atoms with Gasteiger partial charge in [0, 0.05) is 23.3 Å². The Bertz CT molecular complexity index is 817. The van der Waals surface area contributed by atoms with Crippen molar-refractivity contribution in [3.05, 3.63) is 54.9 Å². The Morgan fingerprint density at radius 2 is 1.65 bits per heavy atom. The molecule has 0 radical (unpaired) electrons. The molecule has 1 heterocycles. The van der Waals surface area contributed by atoms with Gasteiger partial charge in [-0.1, -0.05) is 12.1 Å². The first kappa shape index (κ1) is 15.3. The third kappa shape index (κ3) is 3.29. The lowest BCUT2D eigenvalue weighted by Gasteiger charge is -2.21. The summed E-state index contributed by atoms with van der Waals surface area (Å²) in [5, 5.41) is 2.22. The maximum Gasteiger partial charge on any atom is 0.127 e. The number of hydrogen-bond donors (Lipinski definition) is 0. The molecule has 0 bridgehead atoms. The molecule has 23 heavy (non-hydrogen) atoms. The van der Waals surface area contributed by atoms with Crippen molar-refractivity contribution in [3.63, 3.8) is 0 Å². The molecule has 1 aromatic heterocycles. The van der Waals surface area contributed by atoms with Gasteiger partial charge in [0.25, 0.3) is 0 Å². The molecule has 3 aromatic rings. The zero-order chi connectivity index (χ0) is 16.4. The van der Waals surface area contributed by atoms with Crippen LogP contribution in [0.15, 0.2) is 54.9 Å². The van der Waals surface area contributed by atoms with E-state index in [1.165, 1.54) is 0 Å². The number of ether oxygens (including phenoxy) is 2. The number of nitrogens with zero attached hydrogens (tertiary/aromatic N) is 1. The normalized spacial score (nSPS) is 11.5. The average Bonchev–Trinajstić information content (AvgIpc) is 2.53. The SMILES string of the molecule is COc1ccc2cnccc2c1-c1ccc(OC(C)(C)C)cc1. The van der Waals surface area contributed by atoms with Crippen LogP contribution in [0.1, 0.15) is 20.8 Å². The molecular formula is C20H21NO2. The van der Waals surface area contributed by atoms with Crippen LogP contribution < -0.4 is 9.47 Å². The summed E-state index contributed by atoms with van der Waals surface area (Å²) in [6.45, 7) is 6.13. The largest absolute Gasteiger partial charge is 0.496 e. The van der Waals surface area contributed by atoms with Gasteiger partial charge in [0.1, 0.15) is 17.1 Å². The number of pyridine rings is 1. The van der Waals surface area contributed by atoms with E-state index in [1.807, 2.05) is 63.5 Å². The molecule has 2 aromatic carbocycles. The zero-order valence-electron chi connectivity index (χ0n) is 14.0. The van der Waals surface area contributed by atoms with Crippen molar-refractivity contribution in [1.82, 2.24) is 4.98 Å². The molecule has 0 aliphatic rings. The first-order valence-corrected chi connectivity index (χ1v) is 7.68. The third-order valence-electron chi connectivity index (χ3n) is 3.57. The van der Waals surface area contributed by atoms with Crippen LogP contribution in [0.3, 0.4) is 0 Å². The predicted octanol–water partition coefficient (Wildman–Crippen LogP) is 5.09. The van der Waals surface area contributed by atoms with Gasteiger partial charge in [-0.3, -0.25) is 4.98 Å². The highest BCUT2D eigenvalue weighted by Gasteiger charge is 2.13. The molecule has 3 rings (SSSR count). The Balaban J connectivity index is 2.09. The fourth-order valence-electron chi connectivity index (χ4n) is 2.66. The molecule has 0 saturated carbocycles. The summed E-state index contributed by atoms with van der Waals surface area (Å²) in [6.07, 6.45) is 3.68. The van der Waals surface area contributed by atoms with Crippen molar-refractivity contribution in [2.75, 3.05) is 7.11 Å². The van der Waals surface area contributed by atoms with Crippen molar-refractivity contribution < 1.29 is 9.47 Å². The lowest BCUT2D eigenvalue weighted by Crippen LogP contribution is -2.22. The Morgan fingerprint density at radius 3 is 2.30 bits per heavy atom. The van der Waals surface area contributed by atoms with Crippen LogP contribution in [0.4, 0.5) is 0 Å². The van der Waals surface area contributed by atoms with Gasteiger partial charge in [-0.2, -0.15) is 0 Å². The molecule has 0 atom stereocenters. The summed E-state index contributed by atoms with van der Waals surface area (Å²) >= 11 is 0. The molecular weight excluding hydrogens is 286 g/mol. The van der Waals surface area contributed by atoms with Gasteiger partial charge in [-0.15, -0.1) is 0 Å².